The fraction of sp³-hybridized carbons (Fsp3) is 0.500. The highest BCUT2D eigenvalue weighted by Crippen LogP contribution is 2.04. The number of hydrogen-bond donors (Lipinski definition) is 0. The van der Waals surface area contributed by atoms with E-state index < -0.39 is 0 Å². The second-order valence-electron chi connectivity index (χ2n) is 2.89. The van der Waals surface area contributed by atoms with Gasteiger partial charge in [-0.15, -0.1) is 0 Å². The molecule has 0 heteroatoms. The SMILES string of the molecule is C1#CCCCCCCC#CC=C1. The molecule has 12 heavy (non-hydrogen) atoms. The van der Waals surface area contributed by atoms with Gasteiger partial charge in [0.05, 0.1) is 0 Å². The Bertz CT molecular complexity index is 221. The molecular formula is C12H14. The summed E-state index contributed by atoms with van der Waals surface area (Å²) in [6.07, 6.45) is 10.9. The van der Waals surface area contributed by atoms with Gasteiger partial charge in [-0.05, 0) is 25.0 Å². The van der Waals surface area contributed by atoms with Crippen LogP contribution in [-0.2, 0) is 0 Å². The zero-order valence-corrected chi connectivity index (χ0v) is 7.40. The van der Waals surface area contributed by atoms with E-state index in [1.54, 1.807) is 0 Å². The molecule has 62 valence electrons. The molecule has 0 aromatic carbocycles. The fourth-order valence-electron chi connectivity index (χ4n) is 1.13. The molecule has 0 spiro atoms. The minimum absolute atomic E-state index is 1.04. The van der Waals surface area contributed by atoms with E-state index in [0.29, 0.717) is 0 Å². The number of rotatable bonds is 0. The number of allylic oxidation sites excluding steroid dienone is 2. The van der Waals surface area contributed by atoms with Crippen molar-refractivity contribution in [3.8, 4) is 23.7 Å². The summed E-state index contributed by atoms with van der Waals surface area (Å²) in [6.45, 7) is 0. The van der Waals surface area contributed by atoms with Crippen LogP contribution in [0.3, 0.4) is 0 Å². The van der Waals surface area contributed by atoms with Crippen LogP contribution in [0.5, 0.6) is 0 Å². The van der Waals surface area contributed by atoms with Gasteiger partial charge in [0.2, 0.25) is 0 Å². The van der Waals surface area contributed by atoms with Crippen LogP contribution in [0.25, 0.3) is 0 Å². The van der Waals surface area contributed by atoms with E-state index >= 15 is 0 Å². The topological polar surface area (TPSA) is 0 Å². The summed E-state index contributed by atoms with van der Waals surface area (Å²) in [5, 5.41) is 0. The maximum Gasteiger partial charge on any atom is 0.00922 e. The minimum Gasteiger partial charge on any atom is -0.0985 e. The maximum absolute atomic E-state index is 3.10. The molecular weight excluding hydrogens is 144 g/mol. The monoisotopic (exact) mass is 158 g/mol. The van der Waals surface area contributed by atoms with Crippen molar-refractivity contribution in [2.45, 2.75) is 38.5 Å². The Morgan fingerprint density at radius 1 is 0.667 bits per heavy atom. The van der Waals surface area contributed by atoms with Crippen LogP contribution in [0, 0.1) is 23.7 Å². The molecule has 1 aliphatic carbocycles. The molecule has 0 saturated carbocycles. The van der Waals surface area contributed by atoms with Crippen molar-refractivity contribution in [2.24, 2.45) is 0 Å². The normalized spacial score (nSPS) is 17.3. The molecule has 0 aliphatic heterocycles. The average Bonchev–Trinajstić information content (AvgIpc) is 2.05. The summed E-state index contributed by atoms with van der Waals surface area (Å²) in [6, 6.07) is 0. The third-order valence-electron chi connectivity index (χ3n) is 1.81. The Kier molecular flexibility index (Phi) is 4.90. The van der Waals surface area contributed by atoms with E-state index in [4.69, 9.17) is 0 Å². The van der Waals surface area contributed by atoms with Crippen LogP contribution in [0.2, 0.25) is 0 Å². The highest BCUT2D eigenvalue weighted by atomic mass is 13.9. The van der Waals surface area contributed by atoms with Crippen molar-refractivity contribution < 1.29 is 0 Å². The lowest BCUT2D eigenvalue weighted by Gasteiger charge is -1.94. The lowest BCUT2D eigenvalue weighted by Crippen LogP contribution is -1.77. The lowest BCUT2D eigenvalue weighted by molar-refractivity contribution is 0.661. The first-order chi connectivity index (χ1) is 6.00. The first-order valence-electron chi connectivity index (χ1n) is 4.62. The molecule has 0 fully saturated rings. The van der Waals surface area contributed by atoms with E-state index in [0.717, 1.165) is 12.8 Å². The largest absolute Gasteiger partial charge is 0.0985 e. The Morgan fingerprint density at radius 3 is 1.67 bits per heavy atom. The van der Waals surface area contributed by atoms with Crippen LogP contribution in [0.4, 0.5) is 0 Å². The summed E-state index contributed by atoms with van der Waals surface area (Å²) in [5.74, 6) is 12.1. The van der Waals surface area contributed by atoms with E-state index in [2.05, 4.69) is 23.7 Å². The Labute approximate surface area is 75.1 Å². The molecule has 0 radical (unpaired) electrons. The third kappa shape index (κ3) is 4.64. The molecule has 0 heterocycles. The second-order valence-corrected chi connectivity index (χ2v) is 2.89. The van der Waals surface area contributed by atoms with Crippen molar-refractivity contribution in [3.63, 3.8) is 0 Å². The molecule has 0 nitrogen and oxygen atoms in total. The van der Waals surface area contributed by atoms with E-state index in [1.807, 2.05) is 12.2 Å². The van der Waals surface area contributed by atoms with Gasteiger partial charge in [0.25, 0.3) is 0 Å². The van der Waals surface area contributed by atoms with Crippen LogP contribution in [-0.4, -0.2) is 0 Å². The Balaban J connectivity index is 2.41. The highest BCUT2D eigenvalue weighted by Gasteiger charge is 1.87. The molecule has 0 aromatic heterocycles. The smallest absolute Gasteiger partial charge is 0.00922 e. The maximum atomic E-state index is 3.10. The molecule has 0 amide bonds. The lowest BCUT2D eigenvalue weighted by atomic mass is 10.1. The standard InChI is InChI=1S/C12H14/c1-2-4-6-8-10-12-11-9-7-5-3-1/h1-2H,7-12H2. The molecule has 0 bridgehead atoms. The summed E-state index contributed by atoms with van der Waals surface area (Å²) in [4.78, 5) is 0. The van der Waals surface area contributed by atoms with Crippen molar-refractivity contribution in [1.29, 1.82) is 0 Å². The zero-order chi connectivity index (χ0) is 8.49. The Morgan fingerprint density at radius 2 is 1.17 bits per heavy atom. The predicted molar refractivity (Wildman–Crippen MR) is 52.4 cm³/mol. The van der Waals surface area contributed by atoms with Crippen LogP contribution < -0.4 is 0 Å². The summed E-state index contributed by atoms with van der Waals surface area (Å²) in [7, 11) is 0. The predicted octanol–water partition coefficient (Wildman–Crippen LogP) is 2.90. The minimum atomic E-state index is 1.04. The quantitative estimate of drug-likeness (QED) is 0.475. The second kappa shape index (κ2) is 6.56. The zero-order valence-electron chi connectivity index (χ0n) is 7.40. The van der Waals surface area contributed by atoms with Crippen molar-refractivity contribution >= 4 is 0 Å². The highest BCUT2D eigenvalue weighted by molar-refractivity contribution is 5.24. The summed E-state index contributed by atoms with van der Waals surface area (Å²) in [5.41, 5.74) is 0. The average molecular weight is 158 g/mol. The van der Waals surface area contributed by atoms with Gasteiger partial charge >= 0.3 is 0 Å². The van der Waals surface area contributed by atoms with Crippen molar-refractivity contribution in [2.75, 3.05) is 0 Å². The van der Waals surface area contributed by atoms with Gasteiger partial charge < -0.3 is 0 Å². The summed E-state index contributed by atoms with van der Waals surface area (Å²) < 4.78 is 0. The van der Waals surface area contributed by atoms with Crippen molar-refractivity contribution in [3.05, 3.63) is 12.2 Å². The molecule has 0 atom stereocenters. The van der Waals surface area contributed by atoms with Crippen LogP contribution in [0.15, 0.2) is 12.2 Å². The molecule has 0 saturated heterocycles. The summed E-state index contributed by atoms with van der Waals surface area (Å²) >= 11 is 0. The molecule has 0 N–H and O–H groups in total. The van der Waals surface area contributed by atoms with Crippen LogP contribution >= 0.6 is 0 Å². The van der Waals surface area contributed by atoms with Crippen LogP contribution in [0.1, 0.15) is 38.5 Å². The molecule has 1 rings (SSSR count). The van der Waals surface area contributed by atoms with Gasteiger partial charge in [-0.25, -0.2) is 0 Å². The van der Waals surface area contributed by atoms with Gasteiger partial charge in [-0.2, -0.15) is 0 Å². The first-order valence-corrected chi connectivity index (χ1v) is 4.62. The molecule has 1 aliphatic rings. The van der Waals surface area contributed by atoms with Gasteiger partial charge in [0, 0.05) is 12.8 Å². The molecule has 0 unspecified atom stereocenters. The molecule has 0 aromatic rings. The number of hydrogen-bond acceptors (Lipinski definition) is 0. The van der Waals surface area contributed by atoms with Crippen molar-refractivity contribution in [1.82, 2.24) is 0 Å². The third-order valence-corrected chi connectivity index (χ3v) is 1.81. The van der Waals surface area contributed by atoms with Gasteiger partial charge in [-0.3, -0.25) is 0 Å². The van der Waals surface area contributed by atoms with Gasteiger partial charge in [0.15, 0.2) is 0 Å². The van der Waals surface area contributed by atoms with Gasteiger partial charge in [-0.1, -0.05) is 36.5 Å². The fourth-order valence-corrected chi connectivity index (χ4v) is 1.13. The van der Waals surface area contributed by atoms with E-state index in [1.165, 1.54) is 25.7 Å². The first kappa shape index (κ1) is 8.95. The van der Waals surface area contributed by atoms with E-state index in [-0.39, 0.29) is 0 Å². The Hall–Kier alpha value is -1.14. The van der Waals surface area contributed by atoms with E-state index in [9.17, 15) is 0 Å². The van der Waals surface area contributed by atoms with Gasteiger partial charge in [0.1, 0.15) is 0 Å².